The summed E-state index contributed by atoms with van der Waals surface area (Å²) in [4.78, 5) is 26.1. The van der Waals surface area contributed by atoms with E-state index in [4.69, 9.17) is 9.88 Å². The van der Waals surface area contributed by atoms with Gasteiger partial charge in [-0.25, -0.2) is 18.4 Å². The predicted octanol–water partition coefficient (Wildman–Crippen LogP) is 2.37. The van der Waals surface area contributed by atoms with Gasteiger partial charge < -0.3 is 15.0 Å². The number of carbonyl (C=O) groups is 2. The molecule has 2 aromatic rings. The van der Waals surface area contributed by atoms with Gasteiger partial charge in [-0.3, -0.25) is 4.79 Å². The van der Waals surface area contributed by atoms with Crippen LogP contribution < -0.4 is 15.4 Å². The van der Waals surface area contributed by atoms with Crippen molar-refractivity contribution in [2.45, 2.75) is 25.2 Å². The van der Waals surface area contributed by atoms with E-state index < -0.39 is 10.0 Å². The minimum Gasteiger partial charge on any atom is -0.462 e. The van der Waals surface area contributed by atoms with Crippen molar-refractivity contribution >= 4 is 33.3 Å². The molecule has 0 unspecified atom stereocenters. The number of hydrogen-bond acceptors (Lipinski definition) is 6. The standard InChI is InChI=1S/C20H25N3O5S/c1-3-23(17-7-5-6-15(14-17)20(25)28-4-2)13-12-19(24)22-16-8-10-18(11-9-16)29(21,26)27/h5-11,14H,3-4,12-13H2,1-2H3,(H,22,24)(H2,21,26,27). The van der Waals surface area contributed by atoms with Gasteiger partial charge in [-0.1, -0.05) is 6.07 Å². The van der Waals surface area contributed by atoms with E-state index in [1.807, 2.05) is 17.9 Å². The number of nitrogens with two attached hydrogens (primary N) is 1. The van der Waals surface area contributed by atoms with Gasteiger partial charge >= 0.3 is 5.97 Å². The number of nitrogens with zero attached hydrogens (tertiary/aromatic N) is 1. The SMILES string of the molecule is CCOC(=O)c1cccc(N(CC)CCC(=O)Nc2ccc(S(N)(=O)=O)cc2)c1. The lowest BCUT2D eigenvalue weighted by Crippen LogP contribution is -2.27. The number of rotatable bonds is 9. The molecule has 0 spiro atoms. The van der Waals surface area contributed by atoms with Gasteiger partial charge in [0, 0.05) is 30.9 Å². The molecule has 29 heavy (non-hydrogen) atoms. The summed E-state index contributed by atoms with van der Waals surface area (Å²) in [5.74, 6) is -0.598. The zero-order valence-electron chi connectivity index (χ0n) is 16.4. The molecule has 3 N–H and O–H groups in total. The molecule has 0 heterocycles. The number of carbonyl (C=O) groups excluding carboxylic acids is 2. The first-order chi connectivity index (χ1) is 13.7. The topological polar surface area (TPSA) is 119 Å². The van der Waals surface area contributed by atoms with Crippen LogP contribution in [-0.4, -0.2) is 40.0 Å². The molecule has 0 saturated heterocycles. The molecule has 0 radical (unpaired) electrons. The third-order valence-electron chi connectivity index (χ3n) is 4.18. The van der Waals surface area contributed by atoms with Gasteiger partial charge in [0.25, 0.3) is 0 Å². The second kappa shape index (κ2) is 10.0. The van der Waals surface area contributed by atoms with Crippen LogP contribution in [0, 0.1) is 0 Å². The van der Waals surface area contributed by atoms with Crippen molar-refractivity contribution in [2.75, 3.05) is 29.9 Å². The molecule has 0 bridgehead atoms. The van der Waals surface area contributed by atoms with Crippen LogP contribution in [0.3, 0.4) is 0 Å². The molecule has 8 nitrogen and oxygen atoms in total. The molecule has 0 saturated carbocycles. The Morgan fingerprint density at radius 2 is 1.79 bits per heavy atom. The Kier molecular flexibility index (Phi) is 7.74. The van der Waals surface area contributed by atoms with Gasteiger partial charge in [-0.05, 0) is 56.3 Å². The third kappa shape index (κ3) is 6.58. The summed E-state index contributed by atoms with van der Waals surface area (Å²) < 4.78 is 27.6. The Labute approximate surface area is 170 Å². The zero-order chi connectivity index (χ0) is 21.4. The van der Waals surface area contributed by atoms with Crippen LogP contribution in [0.1, 0.15) is 30.6 Å². The summed E-state index contributed by atoms with van der Waals surface area (Å²) in [6, 6.07) is 12.7. The van der Waals surface area contributed by atoms with Crippen molar-refractivity contribution in [3.8, 4) is 0 Å². The molecule has 0 aliphatic carbocycles. The van der Waals surface area contributed by atoms with Crippen LogP contribution >= 0.6 is 0 Å². The van der Waals surface area contributed by atoms with Gasteiger partial charge in [-0.2, -0.15) is 0 Å². The minimum atomic E-state index is -3.77. The van der Waals surface area contributed by atoms with E-state index in [-0.39, 0.29) is 23.2 Å². The van der Waals surface area contributed by atoms with Crippen LogP contribution in [0.25, 0.3) is 0 Å². The summed E-state index contributed by atoms with van der Waals surface area (Å²) in [5, 5.41) is 7.78. The second-order valence-corrected chi connectivity index (χ2v) is 7.78. The van der Waals surface area contributed by atoms with Crippen LogP contribution in [0.2, 0.25) is 0 Å². The number of benzene rings is 2. The molecule has 156 valence electrons. The van der Waals surface area contributed by atoms with Crippen molar-refractivity contribution in [3.63, 3.8) is 0 Å². The fourth-order valence-corrected chi connectivity index (χ4v) is 3.22. The molecule has 0 atom stereocenters. The van der Waals surface area contributed by atoms with Gasteiger partial charge in [0.2, 0.25) is 15.9 Å². The normalized spacial score (nSPS) is 11.0. The molecular formula is C20H25N3O5S. The molecular weight excluding hydrogens is 394 g/mol. The van der Waals surface area contributed by atoms with Crippen molar-refractivity contribution in [3.05, 3.63) is 54.1 Å². The van der Waals surface area contributed by atoms with Gasteiger partial charge in [-0.15, -0.1) is 0 Å². The predicted molar refractivity (Wildman–Crippen MR) is 111 cm³/mol. The lowest BCUT2D eigenvalue weighted by atomic mass is 10.2. The summed E-state index contributed by atoms with van der Waals surface area (Å²) in [6.07, 6.45) is 0.217. The molecule has 2 rings (SSSR count). The quantitative estimate of drug-likeness (QED) is 0.602. The van der Waals surface area contributed by atoms with E-state index >= 15 is 0 Å². The number of primary sulfonamides is 1. The summed E-state index contributed by atoms with van der Waals surface area (Å²) in [6.45, 7) is 5.12. The lowest BCUT2D eigenvalue weighted by Gasteiger charge is -2.23. The molecule has 1 amide bonds. The number of ether oxygens (including phenoxy) is 1. The van der Waals surface area contributed by atoms with E-state index in [1.54, 1.807) is 25.1 Å². The number of nitrogens with one attached hydrogen (secondary N) is 1. The average Bonchev–Trinajstić information content (AvgIpc) is 2.68. The van der Waals surface area contributed by atoms with Gasteiger partial charge in [0.05, 0.1) is 17.1 Å². The van der Waals surface area contributed by atoms with Crippen LogP contribution in [0.5, 0.6) is 0 Å². The molecule has 9 heteroatoms. The molecule has 0 aliphatic heterocycles. The fraction of sp³-hybridized carbons (Fsp3) is 0.300. The maximum absolute atomic E-state index is 12.3. The fourth-order valence-electron chi connectivity index (χ4n) is 2.70. The zero-order valence-corrected chi connectivity index (χ0v) is 17.2. The smallest absolute Gasteiger partial charge is 0.338 e. The molecule has 0 fully saturated rings. The summed E-state index contributed by atoms with van der Waals surface area (Å²) in [5.41, 5.74) is 1.76. The van der Waals surface area contributed by atoms with Crippen molar-refractivity contribution < 1.29 is 22.7 Å². The molecule has 0 aromatic heterocycles. The van der Waals surface area contributed by atoms with E-state index in [0.717, 1.165) is 5.69 Å². The third-order valence-corrected chi connectivity index (χ3v) is 5.11. The van der Waals surface area contributed by atoms with Gasteiger partial charge in [0.1, 0.15) is 0 Å². The Bertz CT molecular complexity index is 958. The highest BCUT2D eigenvalue weighted by atomic mass is 32.2. The van der Waals surface area contributed by atoms with E-state index in [1.165, 1.54) is 24.3 Å². The monoisotopic (exact) mass is 419 g/mol. The first-order valence-electron chi connectivity index (χ1n) is 9.19. The highest BCUT2D eigenvalue weighted by Crippen LogP contribution is 2.18. The number of hydrogen-bond donors (Lipinski definition) is 2. The number of sulfonamides is 1. The number of esters is 1. The Morgan fingerprint density at radius 3 is 2.38 bits per heavy atom. The Hall–Kier alpha value is -2.91. The Morgan fingerprint density at radius 1 is 1.10 bits per heavy atom. The van der Waals surface area contributed by atoms with E-state index in [0.29, 0.717) is 30.9 Å². The van der Waals surface area contributed by atoms with Crippen molar-refractivity contribution in [2.24, 2.45) is 5.14 Å². The summed E-state index contributed by atoms with van der Waals surface area (Å²) >= 11 is 0. The first kappa shape index (κ1) is 22.4. The highest BCUT2D eigenvalue weighted by Gasteiger charge is 2.12. The van der Waals surface area contributed by atoms with Gasteiger partial charge in [0.15, 0.2) is 0 Å². The summed E-state index contributed by atoms with van der Waals surface area (Å²) in [7, 11) is -3.77. The number of anilines is 2. The highest BCUT2D eigenvalue weighted by molar-refractivity contribution is 7.89. The van der Waals surface area contributed by atoms with E-state index in [2.05, 4.69) is 5.32 Å². The van der Waals surface area contributed by atoms with E-state index in [9.17, 15) is 18.0 Å². The maximum atomic E-state index is 12.3. The van der Waals surface area contributed by atoms with Crippen LogP contribution in [0.15, 0.2) is 53.4 Å². The Balaban J connectivity index is 1.97. The van der Waals surface area contributed by atoms with Crippen molar-refractivity contribution in [1.29, 1.82) is 0 Å². The van der Waals surface area contributed by atoms with Crippen LogP contribution in [-0.2, 0) is 19.6 Å². The number of amides is 1. The average molecular weight is 420 g/mol. The molecule has 0 aliphatic rings. The lowest BCUT2D eigenvalue weighted by molar-refractivity contribution is -0.116. The first-order valence-corrected chi connectivity index (χ1v) is 10.7. The second-order valence-electron chi connectivity index (χ2n) is 6.22. The van der Waals surface area contributed by atoms with Crippen LogP contribution in [0.4, 0.5) is 11.4 Å². The largest absolute Gasteiger partial charge is 0.462 e. The maximum Gasteiger partial charge on any atom is 0.338 e. The molecule has 2 aromatic carbocycles. The minimum absolute atomic E-state index is 0.0193. The van der Waals surface area contributed by atoms with Crippen molar-refractivity contribution in [1.82, 2.24) is 0 Å².